The van der Waals surface area contributed by atoms with Crippen LogP contribution in [-0.4, -0.2) is 55.6 Å². The van der Waals surface area contributed by atoms with Gasteiger partial charge in [-0.15, -0.1) is 0 Å². The molecule has 0 spiro atoms. The summed E-state index contributed by atoms with van der Waals surface area (Å²) >= 11 is 0. The quantitative estimate of drug-likeness (QED) is 0.762. The summed E-state index contributed by atoms with van der Waals surface area (Å²) in [5, 5.41) is 0. The van der Waals surface area contributed by atoms with Crippen LogP contribution >= 0.6 is 0 Å². The minimum atomic E-state index is -0.0399. The van der Waals surface area contributed by atoms with E-state index in [9.17, 15) is 4.79 Å². The lowest BCUT2D eigenvalue weighted by Crippen LogP contribution is -2.47. The number of carbonyl (C=O) groups is 1. The van der Waals surface area contributed by atoms with E-state index in [2.05, 4.69) is 11.9 Å². The van der Waals surface area contributed by atoms with E-state index in [0.717, 1.165) is 31.7 Å². The second kappa shape index (κ2) is 8.76. The Labute approximate surface area is 154 Å². The molecule has 1 aliphatic heterocycles. The number of likely N-dealkylation sites (tertiary alicyclic amines) is 1. The topological polar surface area (TPSA) is 55.2 Å². The van der Waals surface area contributed by atoms with Gasteiger partial charge in [-0.05, 0) is 57.2 Å². The molecule has 2 heterocycles. The third-order valence-electron chi connectivity index (χ3n) is 4.78. The van der Waals surface area contributed by atoms with Crippen molar-refractivity contribution in [2.75, 3.05) is 33.9 Å². The number of benzene rings is 1. The second-order valence-electron chi connectivity index (χ2n) is 6.57. The summed E-state index contributed by atoms with van der Waals surface area (Å²) in [5.74, 6) is 1.94. The molecule has 1 amide bonds. The van der Waals surface area contributed by atoms with Gasteiger partial charge in [0.05, 0.1) is 19.9 Å². The van der Waals surface area contributed by atoms with E-state index in [4.69, 9.17) is 13.9 Å². The smallest absolute Gasteiger partial charge is 0.261 e. The van der Waals surface area contributed by atoms with Crippen LogP contribution in [0.4, 0.5) is 0 Å². The van der Waals surface area contributed by atoms with Crippen LogP contribution in [0, 0.1) is 0 Å². The molecular weight excluding hydrogens is 332 g/mol. The van der Waals surface area contributed by atoms with Crippen molar-refractivity contribution in [1.82, 2.24) is 9.80 Å². The molecule has 6 heteroatoms. The molecule has 1 aromatic heterocycles. The first-order valence-corrected chi connectivity index (χ1v) is 8.93. The highest BCUT2D eigenvalue weighted by molar-refractivity contribution is 5.78. The Morgan fingerprint density at radius 3 is 2.58 bits per heavy atom. The molecule has 140 valence electrons. The highest BCUT2D eigenvalue weighted by Crippen LogP contribution is 2.26. The molecule has 1 saturated heterocycles. The van der Waals surface area contributed by atoms with Crippen molar-refractivity contribution >= 4 is 5.91 Å². The maximum atomic E-state index is 12.9. The van der Waals surface area contributed by atoms with E-state index in [1.54, 1.807) is 19.4 Å². The van der Waals surface area contributed by atoms with Crippen LogP contribution in [0.1, 0.15) is 18.6 Å². The molecule has 0 N–H and O–H groups in total. The van der Waals surface area contributed by atoms with Gasteiger partial charge in [-0.3, -0.25) is 4.79 Å². The van der Waals surface area contributed by atoms with Crippen molar-refractivity contribution in [3.05, 3.63) is 48.4 Å². The number of methoxy groups -OCH3 is 1. The molecule has 26 heavy (non-hydrogen) atoms. The molecule has 2 aromatic rings. The predicted molar refractivity (Wildman–Crippen MR) is 98.3 cm³/mol. The standard InChI is InChI=1S/C20H26N2O4/c1-21-11-9-16(10-12-21)22(14-17-6-5-13-25-17)20(23)15-26-19-8-4-3-7-18(19)24-2/h3-8,13,16H,9-12,14-15H2,1-2H3. The van der Waals surface area contributed by atoms with Crippen LogP contribution < -0.4 is 9.47 Å². The predicted octanol–water partition coefficient (Wildman–Crippen LogP) is 2.79. The van der Waals surface area contributed by atoms with Gasteiger partial charge in [0.1, 0.15) is 5.76 Å². The highest BCUT2D eigenvalue weighted by Gasteiger charge is 2.28. The van der Waals surface area contributed by atoms with Crippen molar-refractivity contribution < 1.29 is 18.7 Å². The van der Waals surface area contributed by atoms with Gasteiger partial charge >= 0.3 is 0 Å². The Kier molecular flexibility index (Phi) is 6.17. The molecule has 0 unspecified atom stereocenters. The molecule has 1 aliphatic rings. The molecule has 1 aromatic carbocycles. The fraction of sp³-hybridized carbons (Fsp3) is 0.450. The van der Waals surface area contributed by atoms with E-state index < -0.39 is 0 Å². The van der Waals surface area contributed by atoms with Crippen LogP contribution in [0.15, 0.2) is 47.1 Å². The summed E-state index contributed by atoms with van der Waals surface area (Å²) in [6, 6.07) is 11.3. The van der Waals surface area contributed by atoms with Gasteiger partial charge in [0, 0.05) is 6.04 Å². The molecule has 0 aliphatic carbocycles. The lowest BCUT2D eigenvalue weighted by Gasteiger charge is -2.37. The molecule has 1 fully saturated rings. The molecule has 3 rings (SSSR count). The fourth-order valence-corrected chi connectivity index (χ4v) is 3.26. The van der Waals surface area contributed by atoms with Crippen LogP contribution in [0.2, 0.25) is 0 Å². The minimum absolute atomic E-state index is 0.0204. The number of piperidine rings is 1. The Hall–Kier alpha value is -2.47. The number of furan rings is 1. The van der Waals surface area contributed by atoms with Crippen LogP contribution in [0.25, 0.3) is 0 Å². The first-order valence-electron chi connectivity index (χ1n) is 8.93. The monoisotopic (exact) mass is 358 g/mol. The zero-order valence-corrected chi connectivity index (χ0v) is 15.4. The lowest BCUT2D eigenvalue weighted by molar-refractivity contribution is -0.137. The summed E-state index contributed by atoms with van der Waals surface area (Å²) in [7, 11) is 3.70. The Bertz CT molecular complexity index is 694. The van der Waals surface area contributed by atoms with Crippen molar-refractivity contribution in [1.29, 1.82) is 0 Å². The van der Waals surface area contributed by atoms with Crippen molar-refractivity contribution in [3.8, 4) is 11.5 Å². The lowest BCUT2D eigenvalue weighted by atomic mass is 10.0. The molecule has 6 nitrogen and oxygen atoms in total. The molecule has 0 saturated carbocycles. The van der Waals surface area contributed by atoms with Gasteiger partial charge in [0.2, 0.25) is 0 Å². The average Bonchev–Trinajstić information content (AvgIpc) is 3.18. The molecule has 0 atom stereocenters. The van der Waals surface area contributed by atoms with Crippen molar-refractivity contribution in [2.45, 2.75) is 25.4 Å². The number of nitrogens with zero attached hydrogens (tertiary/aromatic N) is 2. The van der Waals surface area contributed by atoms with Gasteiger partial charge in [0.15, 0.2) is 18.1 Å². The average molecular weight is 358 g/mol. The number of para-hydroxylation sites is 2. The van der Waals surface area contributed by atoms with E-state index in [-0.39, 0.29) is 18.6 Å². The zero-order chi connectivity index (χ0) is 18.4. The summed E-state index contributed by atoms with van der Waals surface area (Å²) < 4.78 is 16.5. The van der Waals surface area contributed by atoms with Gasteiger partial charge in [-0.2, -0.15) is 0 Å². The maximum Gasteiger partial charge on any atom is 0.261 e. The molecule has 0 radical (unpaired) electrons. The van der Waals surface area contributed by atoms with Crippen molar-refractivity contribution in [3.63, 3.8) is 0 Å². The second-order valence-corrected chi connectivity index (χ2v) is 6.57. The number of hydrogen-bond donors (Lipinski definition) is 0. The van der Waals surface area contributed by atoms with Gasteiger partial charge in [0.25, 0.3) is 5.91 Å². The van der Waals surface area contributed by atoms with E-state index >= 15 is 0 Å². The van der Waals surface area contributed by atoms with Gasteiger partial charge < -0.3 is 23.7 Å². The third kappa shape index (κ3) is 4.58. The van der Waals surface area contributed by atoms with E-state index in [1.807, 2.05) is 35.2 Å². The number of amides is 1. The van der Waals surface area contributed by atoms with Crippen LogP contribution in [0.3, 0.4) is 0 Å². The first kappa shape index (κ1) is 18.3. The molecule has 0 bridgehead atoms. The SMILES string of the molecule is COc1ccccc1OCC(=O)N(Cc1ccco1)C1CCN(C)CC1. The summed E-state index contributed by atoms with van der Waals surface area (Å²) in [6.07, 6.45) is 3.55. The van der Waals surface area contributed by atoms with E-state index in [1.165, 1.54) is 0 Å². The number of ether oxygens (including phenoxy) is 2. The fourth-order valence-electron chi connectivity index (χ4n) is 3.26. The number of rotatable bonds is 7. The number of carbonyl (C=O) groups excluding carboxylic acids is 1. The van der Waals surface area contributed by atoms with Crippen LogP contribution in [-0.2, 0) is 11.3 Å². The summed E-state index contributed by atoms with van der Waals surface area (Å²) in [4.78, 5) is 17.1. The minimum Gasteiger partial charge on any atom is -0.493 e. The van der Waals surface area contributed by atoms with E-state index in [0.29, 0.717) is 18.0 Å². The normalized spacial score (nSPS) is 15.6. The highest BCUT2D eigenvalue weighted by atomic mass is 16.5. The zero-order valence-electron chi connectivity index (χ0n) is 15.4. The largest absolute Gasteiger partial charge is 0.493 e. The third-order valence-corrected chi connectivity index (χ3v) is 4.78. The van der Waals surface area contributed by atoms with Crippen LogP contribution in [0.5, 0.6) is 11.5 Å². The number of hydrogen-bond acceptors (Lipinski definition) is 5. The summed E-state index contributed by atoms with van der Waals surface area (Å²) in [5.41, 5.74) is 0. The van der Waals surface area contributed by atoms with Crippen molar-refractivity contribution in [2.24, 2.45) is 0 Å². The Morgan fingerprint density at radius 1 is 1.19 bits per heavy atom. The Balaban J connectivity index is 1.67. The summed E-state index contributed by atoms with van der Waals surface area (Å²) in [6.45, 7) is 2.42. The van der Waals surface area contributed by atoms with Gasteiger partial charge in [-0.1, -0.05) is 12.1 Å². The van der Waals surface area contributed by atoms with Gasteiger partial charge in [-0.25, -0.2) is 0 Å². The first-order chi connectivity index (χ1) is 12.7. The Morgan fingerprint density at radius 2 is 1.92 bits per heavy atom. The molecular formula is C20H26N2O4. The maximum absolute atomic E-state index is 12.9.